The molecule has 0 spiro atoms. The third-order valence-electron chi connectivity index (χ3n) is 3.34. The molecule has 0 aliphatic carbocycles. The van der Waals surface area contributed by atoms with Gasteiger partial charge in [-0.2, -0.15) is 0 Å². The zero-order valence-corrected chi connectivity index (χ0v) is 11.9. The van der Waals surface area contributed by atoms with Crippen LogP contribution in [0.15, 0.2) is 41.4 Å². The molecule has 0 saturated heterocycles. The van der Waals surface area contributed by atoms with Gasteiger partial charge in [0.15, 0.2) is 0 Å². The van der Waals surface area contributed by atoms with E-state index in [2.05, 4.69) is 15.0 Å². The summed E-state index contributed by atoms with van der Waals surface area (Å²) in [4.78, 5) is 4.33. The second kappa shape index (κ2) is 4.79. The lowest BCUT2D eigenvalue weighted by Crippen LogP contribution is -2.15. The van der Waals surface area contributed by atoms with E-state index in [-0.39, 0.29) is 4.90 Å². The van der Waals surface area contributed by atoms with Gasteiger partial charge in [-0.25, -0.2) is 13.4 Å². The number of nitrogens with zero attached hydrogens (tertiary/aromatic N) is 1. The summed E-state index contributed by atoms with van der Waals surface area (Å²) in [5.41, 5.74) is 2.84. The first kappa shape index (κ1) is 12.9. The van der Waals surface area contributed by atoms with E-state index >= 15 is 0 Å². The molecule has 5 nitrogen and oxygen atoms in total. The first-order valence-electron chi connectivity index (χ1n) is 6.37. The molecule has 0 unspecified atom stereocenters. The molecule has 6 heteroatoms. The van der Waals surface area contributed by atoms with Gasteiger partial charge in [0, 0.05) is 18.4 Å². The Labute approximate surface area is 118 Å². The van der Waals surface area contributed by atoms with Crippen LogP contribution >= 0.6 is 0 Å². The SMILES string of the molecule is Cc1cccnc1NS(=O)(=O)c1ccc2c(c1)CCN2. The van der Waals surface area contributed by atoms with Crippen molar-refractivity contribution >= 4 is 21.5 Å². The molecular weight excluding hydrogens is 274 g/mol. The van der Waals surface area contributed by atoms with Crippen molar-refractivity contribution in [2.24, 2.45) is 0 Å². The summed E-state index contributed by atoms with van der Waals surface area (Å²) in [6, 6.07) is 8.72. The first-order valence-corrected chi connectivity index (χ1v) is 7.86. The number of fused-ring (bicyclic) bond motifs is 1. The number of aryl methyl sites for hydroxylation is 1. The van der Waals surface area contributed by atoms with Gasteiger partial charge >= 0.3 is 0 Å². The average molecular weight is 289 g/mol. The Morgan fingerprint density at radius 2 is 2.15 bits per heavy atom. The van der Waals surface area contributed by atoms with E-state index in [0.29, 0.717) is 5.82 Å². The molecule has 1 aromatic carbocycles. The standard InChI is InChI=1S/C14H15N3O2S/c1-10-3-2-7-16-14(10)17-20(18,19)12-4-5-13-11(9-12)6-8-15-13/h2-5,7,9,15H,6,8H2,1H3,(H,16,17). The lowest BCUT2D eigenvalue weighted by molar-refractivity contribution is 0.601. The van der Waals surface area contributed by atoms with E-state index in [1.165, 1.54) is 0 Å². The van der Waals surface area contributed by atoms with Gasteiger partial charge in [-0.3, -0.25) is 4.72 Å². The predicted octanol–water partition coefficient (Wildman–Crippen LogP) is 2.16. The number of pyridine rings is 1. The summed E-state index contributed by atoms with van der Waals surface area (Å²) in [7, 11) is -3.60. The molecule has 0 fully saturated rings. The smallest absolute Gasteiger partial charge is 0.263 e. The van der Waals surface area contributed by atoms with Crippen LogP contribution in [0.25, 0.3) is 0 Å². The zero-order valence-electron chi connectivity index (χ0n) is 11.1. The van der Waals surface area contributed by atoms with E-state index in [1.54, 1.807) is 24.4 Å². The first-order chi connectivity index (χ1) is 9.56. The fourth-order valence-electron chi connectivity index (χ4n) is 2.23. The number of aromatic nitrogens is 1. The molecule has 1 aromatic heterocycles. The molecule has 20 heavy (non-hydrogen) atoms. The van der Waals surface area contributed by atoms with Crippen LogP contribution in [-0.4, -0.2) is 19.9 Å². The lowest BCUT2D eigenvalue weighted by Gasteiger charge is -2.10. The second-order valence-electron chi connectivity index (χ2n) is 4.77. The largest absolute Gasteiger partial charge is 0.384 e. The number of sulfonamides is 1. The number of hydrogen-bond acceptors (Lipinski definition) is 4. The van der Waals surface area contributed by atoms with Gasteiger partial charge in [-0.15, -0.1) is 0 Å². The fraction of sp³-hybridized carbons (Fsp3) is 0.214. The Morgan fingerprint density at radius 3 is 2.95 bits per heavy atom. The van der Waals surface area contributed by atoms with E-state index in [4.69, 9.17) is 0 Å². The molecule has 104 valence electrons. The highest BCUT2D eigenvalue weighted by molar-refractivity contribution is 7.92. The van der Waals surface area contributed by atoms with Crippen LogP contribution in [0.1, 0.15) is 11.1 Å². The molecule has 1 aliphatic rings. The molecule has 1 aliphatic heterocycles. The molecule has 0 atom stereocenters. The molecular formula is C14H15N3O2S. The van der Waals surface area contributed by atoms with E-state index in [1.807, 2.05) is 19.1 Å². The fourth-order valence-corrected chi connectivity index (χ4v) is 3.36. The van der Waals surface area contributed by atoms with Gasteiger partial charge in [0.25, 0.3) is 10.0 Å². The summed E-state index contributed by atoms with van der Waals surface area (Å²) in [5.74, 6) is 0.367. The van der Waals surface area contributed by atoms with E-state index < -0.39 is 10.0 Å². The Bertz CT molecular complexity index is 757. The van der Waals surface area contributed by atoms with Crippen molar-refractivity contribution in [3.63, 3.8) is 0 Å². The molecule has 3 rings (SSSR count). The average Bonchev–Trinajstić information content (AvgIpc) is 2.88. The maximum absolute atomic E-state index is 12.4. The molecule has 2 aromatic rings. The Balaban J connectivity index is 1.94. The minimum Gasteiger partial charge on any atom is -0.384 e. The van der Waals surface area contributed by atoms with Crippen molar-refractivity contribution in [3.05, 3.63) is 47.7 Å². The number of nitrogens with one attached hydrogen (secondary N) is 2. The third-order valence-corrected chi connectivity index (χ3v) is 4.67. The van der Waals surface area contributed by atoms with Crippen molar-refractivity contribution in [1.29, 1.82) is 0 Å². The van der Waals surface area contributed by atoms with Crippen LogP contribution in [0.5, 0.6) is 0 Å². The van der Waals surface area contributed by atoms with Crippen molar-refractivity contribution in [3.8, 4) is 0 Å². The van der Waals surface area contributed by atoms with Crippen molar-refractivity contribution in [2.75, 3.05) is 16.6 Å². The van der Waals surface area contributed by atoms with Crippen molar-refractivity contribution in [2.45, 2.75) is 18.2 Å². The summed E-state index contributed by atoms with van der Waals surface area (Å²) >= 11 is 0. The molecule has 0 saturated carbocycles. The lowest BCUT2D eigenvalue weighted by atomic mass is 10.2. The van der Waals surface area contributed by atoms with Crippen LogP contribution in [0, 0.1) is 6.92 Å². The van der Waals surface area contributed by atoms with Gasteiger partial charge < -0.3 is 5.32 Å². The highest BCUT2D eigenvalue weighted by atomic mass is 32.2. The Hall–Kier alpha value is -2.08. The monoisotopic (exact) mass is 289 g/mol. The summed E-state index contributed by atoms with van der Waals surface area (Å²) in [5, 5.41) is 3.21. The quantitative estimate of drug-likeness (QED) is 0.908. The highest BCUT2D eigenvalue weighted by Crippen LogP contribution is 2.26. The van der Waals surface area contributed by atoms with Crippen LogP contribution < -0.4 is 10.0 Å². The van der Waals surface area contributed by atoms with Crippen LogP contribution in [0.2, 0.25) is 0 Å². The van der Waals surface area contributed by atoms with Gasteiger partial charge in [-0.05, 0) is 48.7 Å². The zero-order chi connectivity index (χ0) is 14.2. The molecule has 0 radical (unpaired) electrons. The van der Waals surface area contributed by atoms with Crippen LogP contribution in [0.4, 0.5) is 11.5 Å². The number of rotatable bonds is 3. The van der Waals surface area contributed by atoms with Gasteiger partial charge in [0.05, 0.1) is 4.90 Å². The number of benzene rings is 1. The molecule has 0 amide bonds. The Kier molecular flexibility index (Phi) is 3.10. The highest BCUT2D eigenvalue weighted by Gasteiger charge is 2.19. The molecule has 2 heterocycles. The van der Waals surface area contributed by atoms with Gasteiger partial charge in [-0.1, -0.05) is 6.07 Å². The minimum atomic E-state index is -3.60. The minimum absolute atomic E-state index is 0.269. The van der Waals surface area contributed by atoms with Crippen molar-refractivity contribution in [1.82, 2.24) is 4.98 Å². The summed E-state index contributed by atoms with van der Waals surface area (Å²) in [6.07, 6.45) is 2.42. The number of hydrogen-bond donors (Lipinski definition) is 2. The summed E-state index contributed by atoms with van der Waals surface area (Å²) < 4.78 is 27.3. The number of anilines is 2. The maximum atomic E-state index is 12.4. The molecule has 2 N–H and O–H groups in total. The van der Waals surface area contributed by atoms with Crippen LogP contribution in [-0.2, 0) is 16.4 Å². The predicted molar refractivity (Wildman–Crippen MR) is 78.4 cm³/mol. The maximum Gasteiger partial charge on any atom is 0.263 e. The Morgan fingerprint density at radius 1 is 1.30 bits per heavy atom. The molecule has 0 bridgehead atoms. The summed E-state index contributed by atoms with van der Waals surface area (Å²) in [6.45, 7) is 2.67. The van der Waals surface area contributed by atoms with E-state index in [0.717, 1.165) is 29.8 Å². The van der Waals surface area contributed by atoms with E-state index in [9.17, 15) is 8.42 Å². The third kappa shape index (κ3) is 2.34. The van der Waals surface area contributed by atoms with Crippen LogP contribution in [0.3, 0.4) is 0 Å². The van der Waals surface area contributed by atoms with Gasteiger partial charge in [0.1, 0.15) is 5.82 Å². The normalized spacial score (nSPS) is 13.7. The second-order valence-corrected chi connectivity index (χ2v) is 6.45. The topological polar surface area (TPSA) is 71.1 Å². The van der Waals surface area contributed by atoms with Gasteiger partial charge in [0.2, 0.25) is 0 Å². The van der Waals surface area contributed by atoms with Crippen molar-refractivity contribution < 1.29 is 8.42 Å².